The number of nitrogens with one attached hydrogen (secondary N) is 1. The molecule has 186 valence electrons. The highest BCUT2D eigenvalue weighted by molar-refractivity contribution is 5.96. The summed E-state index contributed by atoms with van der Waals surface area (Å²) in [6, 6.07) is 13.1. The van der Waals surface area contributed by atoms with E-state index in [0.29, 0.717) is 12.2 Å². The van der Waals surface area contributed by atoms with Crippen LogP contribution in [0.2, 0.25) is 0 Å². The molecule has 36 heavy (non-hydrogen) atoms. The molecule has 2 aromatic heterocycles. The molecule has 1 N–H and O–H groups in total. The number of carbonyl (C=O) groups excluding carboxylic acids is 1. The van der Waals surface area contributed by atoms with Crippen LogP contribution < -0.4 is 5.32 Å². The van der Waals surface area contributed by atoms with Gasteiger partial charge in [0, 0.05) is 29.8 Å². The van der Waals surface area contributed by atoms with Gasteiger partial charge in [0.15, 0.2) is 0 Å². The first-order valence-electron chi connectivity index (χ1n) is 12.9. The van der Waals surface area contributed by atoms with E-state index in [-0.39, 0.29) is 23.6 Å². The summed E-state index contributed by atoms with van der Waals surface area (Å²) in [7, 11) is 0. The molecule has 0 unspecified atom stereocenters. The van der Waals surface area contributed by atoms with E-state index < -0.39 is 0 Å². The number of hydrogen-bond donors (Lipinski definition) is 1. The molecule has 0 spiro atoms. The van der Waals surface area contributed by atoms with Crippen molar-refractivity contribution in [1.29, 1.82) is 5.26 Å². The first-order chi connectivity index (χ1) is 17.3. The summed E-state index contributed by atoms with van der Waals surface area (Å²) < 4.78 is 7.99. The van der Waals surface area contributed by atoms with Crippen molar-refractivity contribution in [1.82, 2.24) is 14.9 Å². The highest BCUT2D eigenvalue weighted by Gasteiger charge is 2.30. The van der Waals surface area contributed by atoms with Gasteiger partial charge in [0.25, 0.3) is 0 Å². The van der Waals surface area contributed by atoms with Crippen molar-refractivity contribution >= 4 is 23.0 Å². The number of benzene rings is 1. The molecule has 6 heteroatoms. The lowest BCUT2D eigenvalue weighted by Gasteiger charge is -2.35. The number of nitriles is 1. The number of ether oxygens (including phenoxy) is 1. The third-order valence-corrected chi connectivity index (χ3v) is 7.52. The smallest absolute Gasteiger partial charge is 0.244 e. The lowest BCUT2D eigenvalue weighted by atomic mass is 9.87. The van der Waals surface area contributed by atoms with Gasteiger partial charge in [0.05, 0.1) is 22.9 Å². The molecule has 5 rings (SSSR count). The third kappa shape index (κ3) is 4.56. The highest BCUT2D eigenvalue weighted by Crippen LogP contribution is 2.39. The summed E-state index contributed by atoms with van der Waals surface area (Å²) in [6.45, 7) is 8.77. The van der Waals surface area contributed by atoms with Crippen molar-refractivity contribution in [3.63, 3.8) is 0 Å². The largest absolute Gasteiger partial charge is 0.375 e. The predicted octanol–water partition coefficient (Wildman–Crippen LogP) is 5.54. The number of pyridine rings is 1. The fourth-order valence-electron chi connectivity index (χ4n) is 6.01. The monoisotopic (exact) mass is 482 g/mol. The number of fused-ring (bicyclic) bond motifs is 2. The zero-order valence-electron chi connectivity index (χ0n) is 21.6. The Hall–Kier alpha value is -3.43. The van der Waals surface area contributed by atoms with Crippen molar-refractivity contribution < 1.29 is 9.53 Å². The molecule has 1 aliphatic carbocycles. The van der Waals surface area contributed by atoms with Crippen molar-refractivity contribution in [3.8, 4) is 6.07 Å². The van der Waals surface area contributed by atoms with Gasteiger partial charge in [-0.15, -0.1) is 0 Å². The standard InChI is InChI=1S/C30H34N4O2/c1-19-16-20(2)32-29-28(19)24(18-31)26(12-13-27(35)33-22-14-15-36-30(3,4)17-22)34(29)25-11-7-9-21-8-5-6-10-23(21)25/h5-6,8,10,12-13,16,22,25H,7,9,11,14-15,17H2,1-4H3,(H,33,35)/b13-12+/t22-,25+/m0/s1. The Balaban J connectivity index is 1.59. The molecule has 2 atom stereocenters. The SMILES string of the molecule is Cc1cc(C)c2c(C#N)c(/C=C/C(=O)N[C@H]3CCOC(C)(C)C3)n([C@@H]3CCCc4ccccc43)c2n1. The summed E-state index contributed by atoms with van der Waals surface area (Å²) >= 11 is 0. The number of nitrogens with zero attached hydrogens (tertiary/aromatic N) is 3. The molecule has 1 saturated heterocycles. The average Bonchev–Trinajstić information content (AvgIpc) is 3.15. The quantitative estimate of drug-likeness (QED) is 0.495. The Morgan fingerprint density at radius 3 is 2.86 bits per heavy atom. The number of rotatable bonds is 4. The van der Waals surface area contributed by atoms with Crippen molar-refractivity contribution in [3.05, 3.63) is 70.0 Å². The fourth-order valence-corrected chi connectivity index (χ4v) is 6.01. The second-order valence-corrected chi connectivity index (χ2v) is 10.8. The molecule has 1 aliphatic heterocycles. The van der Waals surface area contributed by atoms with E-state index in [1.807, 2.05) is 26.0 Å². The van der Waals surface area contributed by atoms with Gasteiger partial charge in [-0.05, 0) is 88.6 Å². The van der Waals surface area contributed by atoms with Crippen molar-refractivity contribution in [2.75, 3.05) is 6.61 Å². The number of aryl methyl sites for hydroxylation is 3. The maximum absolute atomic E-state index is 13.0. The van der Waals surface area contributed by atoms with Gasteiger partial charge >= 0.3 is 0 Å². The van der Waals surface area contributed by atoms with Crippen LogP contribution in [0.3, 0.4) is 0 Å². The lowest BCUT2D eigenvalue weighted by molar-refractivity contribution is -0.119. The van der Waals surface area contributed by atoms with Gasteiger partial charge in [0.1, 0.15) is 11.7 Å². The molecule has 1 aromatic carbocycles. The Morgan fingerprint density at radius 2 is 2.08 bits per heavy atom. The van der Waals surface area contributed by atoms with Crippen LogP contribution in [-0.2, 0) is 16.0 Å². The summed E-state index contributed by atoms with van der Waals surface area (Å²) in [6.07, 6.45) is 8.04. The third-order valence-electron chi connectivity index (χ3n) is 7.52. The van der Waals surface area contributed by atoms with Crippen LogP contribution in [0, 0.1) is 25.2 Å². The van der Waals surface area contributed by atoms with Crippen LogP contribution in [-0.4, -0.2) is 33.7 Å². The molecule has 1 amide bonds. The van der Waals surface area contributed by atoms with Gasteiger partial charge in [-0.1, -0.05) is 24.3 Å². The minimum atomic E-state index is -0.240. The van der Waals surface area contributed by atoms with Crippen LogP contribution in [0.4, 0.5) is 0 Å². The molecule has 1 fully saturated rings. The second-order valence-electron chi connectivity index (χ2n) is 10.8. The second kappa shape index (κ2) is 9.55. The van der Waals surface area contributed by atoms with Crippen LogP contribution in [0.5, 0.6) is 0 Å². The van der Waals surface area contributed by atoms with Gasteiger partial charge in [-0.3, -0.25) is 4.79 Å². The zero-order chi connectivity index (χ0) is 25.4. The van der Waals surface area contributed by atoms with Gasteiger partial charge in [-0.2, -0.15) is 5.26 Å². The van der Waals surface area contributed by atoms with Crippen LogP contribution in [0.15, 0.2) is 36.4 Å². The molecule has 0 bridgehead atoms. The Labute approximate surface area is 213 Å². The van der Waals surface area contributed by atoms with Crippen LogP contribution >= 0.6 is 0 Å². The molecule has 0 saturated carbocycles. The summed E-state index contributed by atoms with van der Waals surface area (Å²) in [4.78, 5) is 17.9. The molecule has 6 nitrogen and oxygen atoms in total. The lowest BCUT2D eigenvalue weighted by Crippen LogP contribution is -2.45. The molecular formula is C30H34N4O2. The molecular weight excluding hydrogens is 448 g/mol. The minimum absolute atomic E-state index is 0.0623. The number of hydrogen-bond acceptors (Lipinski definition) is 4. The topological polar surface area (TPSA) is 79.9 Å². The van der Waals surface area contributed by atoms with E-state index in [2.05, 4.69) is 54.1 Å². The molecule has 0 radical (unpaired) electrons. The molecule has 2 aliphatic rings. The molecule has 3 heterocycles. The Morgan fingerprint density at radius 1 is 1.28 bits per heavy atom. The zero-order valence-corrected chi connectivity index (χ0v) is 21.6. The maximum Gasteiger partial charge on any atom is 0.244 e. The average molecular weight is 483 g/mol. The van der Waals surface area contributed by atoms with Crippen LogP contribution in [0.1, 0.15) is 79.2 Å². The summed E-state index contributed by atoms with van der Waals surface area (Å²) in [5.74, 6) is -0.150. The van der Waals surface area contributed by atoms with E-state index >= 15 is 0 Å². The summed E-state index contributed by atoms with van der Waals surface area (Å²) in [5, 5.41) is 14.3. The maximum atomic E-state index is 13.0. The van der Waals surface area contributed by atoms with E-state index in [1.165, 1.54) is 11.1 Å². The van der Waals surface area contributed by atoms with Crippen LogP contribution in [0.25, 0.3) is 17.1 Å². The molecule has 3 aromatic rings. The van der Waals surface area contributed by atoms with Gasteiger partial charge in [0.2, 0.25) is 5.91 Å². The normalized spacial score (nSPS) is 21.3. The highest BCUT2D eigenvalue weighted by atomic mass is 16.5. The fraction of sp³-hybridized carbons (Fsp3) is 0.433. The van der Waals surface area contributed by atoms with E-state index in [0.717, 1.165) is 60.1 Å². The van der Waals surface area contributed by atoms with Crippen molar-refractivity contribution in [2.45, 2.75) is 77.5 Å². The van der Waals surface area contributed by atoms with Crippen molar-refractivity contribution in [2.24, 2.45) is 0 Å². The Bertz CT molecular complexity index is 1390. The van der Waals surface area contributed by atoms with Gasteiger partial charge in [-0.25, -0.2) is 4.98 Å². The first kappa shape index (κ1) is 24.3. The Kier molecular flexibility index (Phi) is 6.44. The van der Waals surface area contributed by atoms with E-state index in [9.17, 15) is 10.1 Å². The predicted molar refractivity (Wildman–Crippen MR) is 142 cm³/mol. The van der Waals surface area contributed by atoms with Gasteiger partial charge < -0.3 is 14.6 Å². The number of amides is 1. The number of carbonyl (C=O) groups is 1. The number of aromatic nitrogens is 2. The minimum Gasteiger partial charge on any atom is -0.375 e. The first-order valence-corrected chi connectivity index (χ1v) is 12.9. The summed E-state index contributed by atoms with van der Waals surface area (Å²) in [5.41, 5.74) is 6.46. The van der Waals surface area contributed by atoms with E-state index in [4.69, 9.17) is 9.72 Å². The van der Waals surface area contributed by atoms with E-state index in [1.54, 1.807) is 6.08 Å².